The van der Waals surface area contributed by atoms with E-state index in [1.165, 1.54) is 0 Å². The van der Waals surface area contributed by atoms with Crippen LogP contribution < -0.4 is 0 Å². The molecule has 13 heavy (non-hydrogen) atoms. The molecule has 0 spiro atoms. The molecule has 0 aliphatic carbocycles. The minimum atomic E-state index is 0.0910. The minimum absolute atomic E-state index is 0.0910. The Bertz CT molecular complexity index is 294. The first kappa shape index (κ1) is 8.74. The van der Waals surface area contributed by atoms with E-state index in [0.29, 0.717) is 18.0 Å². The molecular weight excluding hydrogens is 188 g/mol. The van der Waals surface area contributed by atoms with Crippen LogP contribution in [0.2, 0.25) is 0 Å². The molecule has 1 fully saturated rings. The highest BCUT2D eigenvalue weighted by atomic mass is 32.2. The van der Waals surface area contributed by atoms with Crippen LogP contribution in [0.3, 0.4) is 0 Å². The summed E-state index contributed by atoms with van der Waals surface area (Å²) in [7, 11) is 0. The van der Waals surface area contributed by atoms with Gasteiger partial charge in [-0.25, -0.2) is 0 Å². The van der Waals surface area contributed by atoms with Crippen LogP contribution in [-0.2, 0) is 0 Å². The van der Waals surface area contributed by atoms with Crippen molar-refractivity contribution >= 4 is 18.0 Å². The largest absolute Gasteiger partial charge is 0.331 e. The summed E-state index contributed by atoms with van der Waals surface area (Å²) in [5, 5.41) is 3.78. The fourth-order valence-corrected chi connectivity index (χ4v) is 2.52. The molecule has 0 bridgehead atoms. The summed E-state index contributed by atoms with van der Waals surface area (Å²) in [5.41, 5.74) is 0. The molecule has 0 atom stereocenters. The van der Waals surface area contributed by atoms with Gasteiger partial charge in [0.15, 0.2) is 5.82 Å². The van der Waals surface area contributed by atoms with E-state index in [0.717, 1.165) is 24.3 Å². The Kier molecular flexibility index (Phi) is 2.63. The summed E-state index contributed by atoms with van der Waals surface area (Å²) in [6.07, 6.45) is 2.76. The smallest absolute Gasteiger partial charge is 0.290 e. The molecular formula is C8H10N2O2S. The van der Waals surface area contributed by atoms with Gasteiger partial charge in [-0.15, -0.1) is 0 Å². The average molecular weight is 198 g/mol. The molecule has 2 heterocycles. The standard InChI is InChI=1S/C8H10N2O2S/c11-5-7-9-8(10-12-7)6-1-3-13-4-2-6/h5-6H,1-4H2. The second-order valence-electron chi connectivity index (χ2n) is 3.00. The van der Waals surface area contributed by atoms with Crippen molar-refractivity contribution in [1.29, 1.82) is 0 Å². The molecule has 70 valence electrons. The summed E-state index contributed by atoms with van der Waals surface area (Å²) in [5.74, 6) is 3.47. The highest BCUT2D eigenvalue weighted by Gasteiger charge is 2.20. The molecule has 0 aromatic carbocycles. The van der Waals surface area contributed by atoms with Gasteiger partial charge in [-0.1, -0.05) is 5.16 Å². The van der Waals surface area contributed by atoms with E-state index < -0.39 is 0 Å². The number of aldehydes is 1. The maximum Gasteiger partial charge on any atom is 0.290 e. The lowest BCUT2D eigenvalue weighted by Gasteiger charge is -2.17. The van der Waals surface area contributed by atoms with Gasteiger partial charge in [-0.3, -0.25) is 4.79 Å². The molecule has 1 aromatic rings. The van der Waals surface area contributed by atoms with Crippen LogP contribution in [0.5, 0.6) is 0 Å². The van der Waals surface area contributed by atoms with Crippen molar-refractivity contribution in [2.24, 2.45) is 0 Å². The molecule has 1 saturated heterocycles. The highest BCUT2D eigenvalue weighted by Crippen LogP contribution is 2.29. The average Bonchev–Trinajstić information content (AvgIpc) is 2.67. The van der Waals surface area contributed by atoms with Gasteiger partial charge in [0.1, 0.15) is 0 Å². The molecule has 1 aliphatic heterocycles. The predicted octanol–water partition coefficient (Wildman–Crippen LogP) is 1.49. The third kappa shape index (κ3) is 1.91. The lowest BCUT2D eigenvalue weighted by atomic mass is 10.0. The van der Waals surface area contributed by atoms with Crippen molar-refractivity contribution in [3.63, 3.8) is 0 Å². The molecule has 4 nitrogen and oxygen atoms in total. The molecule has 1 aromatic heterocycles. The Balaban J connectivity index is 2.09. The number of carbonyl (C=O) groups is 1. The minimum Gasteiger partial charge on any atom is -0.331 e. The van der Waals surface area contributed by atoms with Gasteiger partial charge in [-0.05, 0) is 24.3 Å². The molecule has 2 rings (SSSR count). The van der Waals surface area contributed by atoms with Gasteiger partial charge >= 0.3 is 0 Å². The molecule has 0 amide bonds. The van der Waals surface area contributed by atoms with Crippen molar-refractivity contribution < 1.29 is 9.32 Å². The van der Waals surface area contributed by atoms with Crippen LogP contribution in [0.1, 0.15) is 35.3 Å². The van der Waals surface area contributed by atoms with E-state index in [2.05, 4.69) is 10.1 Å². The van der Waals surface area contributed by atoms with Gasteiger partial charge in [0.25, 0.3) is 5.89 Å². The van der Waals surface area contributed by atoms with E-state index in [4.69, 9.17) is 4.52 Å². The Morgan fingerprint density at radius 1 is 1.46 bits per heavy atom. The van der Waals surface area contributed by atoms with E-state index >= 15 is 0 Å². The Morgan fingerprint density at radius 3 is 2.85 bits per heavy atom. The number of rotatable bonds is 2. The van der Waals surface area contributed by atoms with Gasteiger partial charge in [0.2, 0.25) is 6.29 Å². The number of hydrogen-bond donors (Lipinski definition) is 0. The summed E-state index contributed by atoms with van der Waals surface area (Å²) in [4.78, 5) is 14.3. The van der Waals surface area contributed by atoms with Crippen molar-refractivity contribution in [2.75, 3.05) is 11.5 Å². The monoisotopic (exact) mass is 198 g/mol. The van der Waals surface area contributed by atoms with E-state index in [1.54, 1.807) is 0 Å². The number of aromatic nitrogens is 2. The maximum atomic E-state index is 10.3. The Morgan fingerprint density at radius 2 is 2.23 bits per heavy atom. The zero-order valence-electron chi connectivity index (χ0n) is 7.10. The van der Waals surface area contributed by atoms with Gasteiger partial charge in [0, 0.05) is 5.92 Å². The first-order valence-corrected chi connectivity index (χ1v) is 5.42. The molecule has 1 aliphatic rings. The normalized spacial score (nSPS) is 18.8. The predicted molar refractivity (Wildman–Crippen MR) is 49.0 cm³/mol. The Labute approximate surface area is 80.1 Å². The first-order valence-electron chi connectivity index (χ1n) is 4.26. The maximum absolute atomic E-state index is 10.3. The van der Waals surface area contributed by atoms with Crippen LogP contribution in [0.25, 0.3) is 0 Å². The van der Waals surface area contributed by atoms with Gasteiger partial charge < -0.3 is 4.52 Å². The Hall–Kier alpha value is -0.840. The summed E-state index contributed by atoms with van der Waals surface area (Å²) in [6.45, 7) is 0. The third-order valence-corrected chi connectivity index (χ3v) is 3.19. The van der Waals surface area contributed by atoms with Crippen molar-refractivity contribution in [3.8, 4) is 0 Å². The summed E-state index contributed by atoms with van der Waals surface area (Å²) in [6, 6.07) is 0. The zero-order chi connectivity index (χ0) is 9.10. The van der Waals surface area contributed by atoms with Crippen molar-refractivity contribution in [2.45, 2.75) is 18.8 Å². The fraction of sp³-hybridized carbons (Fsp3) is 0.625. The second-order valence-corrected chi connectivity index (χ2v) is 4.22. The van der Waals surface area contributed by atoms with Gasteiger partial charge in [-0.2, -0.15) is 16.7 Å². The highest BCUT2D eigenvalue weighted by molar-refractivity contribution is 7.99. The molecule has 0 unspecified atom stereocenters. The summed E-state index contributed by atoms with van der Waals surface area (Å²) < 4.78 is 4.73. The second kappa shape index (κ2) is 3.91. The van der Waals surface area contributed by atoms with Crippen LogP contribution in [0.4, 0.5) is 0 Å². The summed E-state index contributed by atoms with van der Waals surface area (Å²) >= 11 is 1.95. The van der Waals surface area contributed by atoms with Crippen LogP contribution >= 0.6 is 11.8 Å². The van der Waals surface area contributed by atoms with Crippen molar-refractivity contribution in [1.82, 2.24) is 10.1 Å². The zero-order valence-corrected chi connectivity index (χ0v) is 7.92. The topological polar surface area (TPSA) is 56.0 Å². The number of hydrogen-bond acceptors (Lipinski definition) is 5. The van der Waals surface area contributed by atoms with E-state index in [9.17, 15) is 4.79 Å². The van der Waals surface area contributed by atoms with Crippen molar-refractivity contribution in [3.05, 3.63) is 11.7 Å². The van der Waals surface area contributed by atoms with Crippen LogP contribution in [0, 0.1) is 0 Å². The molecule has 0 N–H and O–H groups in total. The van der Waals surface area contributed by atoms with E-state index in [1.807, 2.05) is 11.8 Å². The lowest BCUT2D eigenvalue weighted by Crippen LogP contribution is -2.09. The number of nitrogens with zero attached hydrogens (tertiary/aromatic N) is 2. The quantitative estimate of drug-likeness (QED) is 0.674. The van der Waals surface area contributed by atoms with Gasteiger partial charge in [0.05, 0.1) is 0 Å². The molecule has 0 radical (unpaired) electrons. The first-order chi connectivity index (χ1) is 6.40. The SMILES string of the molecule is O=Cc1nc(C2CCSCC2)no1. The fourth-order valence-electron chi connectivity index (χ4n) is 1.42. The third-order valence-electron chi connectivity index (χ3n) is 2.14. The number of carbonyl (C=O) groups excluding carboxylic acids is 1. The molecule has 5 heteroatoms. The van der Waals surface area contributed by atoms with Crippen LogP contribution in [0.15, 0.2) is 4.52 Å². The molecule has 0 saturated carbocycles. The number of thioether (sulfide) groups is 1. The van der Waals surface area contributed by atoms with E-state index in [-0.39, 0.29) is 5.89 Å². The lowest BCUT2D eigenvalue weighted by molar-refractivity contribution is 0.108. The van der Waals surface area contributed by atoms with Crippen LogP contribution in [-0.4, -0.2) is 27.9 Å².